The van der Waals surface area contributed by atoms with E-state index in [1.54, 1.807) is 0 Å². The molecule has 0 fully saturated rings. The molecule has 0 bridgehead atoms. The highest BCUT2D eigenvalue weighted by Gasteiger charge is 2.29. The standard InChI is InChI=1S/C22H23NO3/c1-15-13-19(21(16(2)23-15)22(24)25-3)18-11-7-8-12-20(18)26-14-17-9-5-4-6-10-17/h4-13,19,23H,14H2,1-3H3. The number of hydrogen-bond acceptors (Lipinski definition) is 4. The Morgan fingerprint density at radius 1 is 1.04 bits per heavy atom. The van der Waals surface area contributed by atoms with E-state index in [1.807, 2.05) is 74.5 Å². The van der Waals surface area contributed by atoms with Crippen molar-refractivity contribution in [3.05, 3.63) is 88.8 Å². The van der Waals surface area contributed by atoms with Crippen molar-refractivity contribution >= 4 is 5.97 Å². The fourth-order valence-corrected chi connectivity index (χ4v) is 3.21. The number of nitrogens with one attached hydrogen (secondary N) is 1. The summed E-state index contributed by atoms with van der Waals surface area (Å²) in [6, 6.07) is 17.9. The van der Waals surface area contributed by atoms with Crippen LogP contribution in [0.25, 0.3) is 0 Å². The zero-order valence-electron chi connectivity index (χ0n) is 15.3. The molecule has 0 aromatic heterocycles. The minimum atomic E-state index is -0.332. The molecule has 2 aromatic carbocycles. The Hall–Kier alpha value is -3.01. The summed E-state index contributed by atoms with van der Waals surface area (Å²) in [5.41, 5.74) is 4.45. The van der Waals surface area contributed by atoms with E-state index in [1.165, 1.54) is 7.11 Å². The number of methoxy groups -OCH3 is 1. The van der Waals surface area contributed by atoms with Crippen LogP contribution in [0, 0.1) is 0 Å². The zero-order valence-corrected chi connectivity index (χ0v) is 15.3. The Labute approximate surface area is 154 Å². The molecule has 134 valence electrons. The van der Waals surface area contributed by atoms with Gasteiger partial charge in [0.05, 0.1) is 12.7 Å². The molecule has 0 radical (unpaired) electrons. The molecule has 4 heteroatoms. The third-order valence-corrected chi connectivity index (χ3v) is 4.41. The van der Waals surface area contributed by atoms with Crippen molar-refractivity contribution in [3.8, 4) is 5.75 Å². The summed E-state index contributed by atoms with van der Waals surface area (Å²) in [7, 11) is 1.41. The van der Waals surface area contributed by atoms with E-state index in [0.717, 1.165) is 28.3 Å². The molecule has 0 aliphatic carbocycles. The second-order valence-corrected chi connectivity index (χ2v) is 6.29. The summed E-state index contributed by atoms with van der Waals surface area (Å²) < 4.78 is 11.1. The molecular weight excluding hydrogens is 326 g/mol. The lowest BCUT2D eigenvalue weighted by atomic mass is 9.86. The lowest BCUT2D eigenvalue weighted by Gasteiger charge is -2.26. The number of allylic oxidation sites excluding steroid dienone is 3. The minimum absolute atomic E-state index is 0.212. The average Bonchev–Trinajstić information content (AvgIpc) is 2.66. The van der Waals surface area contributed by atoms with E-state index in [0.29, 0.717) is 12.2 Å². The molecule has 1 heterocycles. The number of rotatable bonds is 5. The Bertz CT molecular complexity index is 853. The van der Waals surface area contributed by atoms with Crippen molar-refractivity contribution in [2.45, 2.75) is 26.4 Å². The molecule has 1 aliphatic heterocycles. The van der Waals surface area contributed by atoms with Crippen LogP contribution in [0.4, 0.5) is 0 Å². The summed E-state index contributed by atoms with van der Waals surface area (Å²) in [4.78, 5) is 12.4. The molecule has 4 nitrogen and oxygen atoms in total. The van der Waals surface area contributed by atoms with E-state index in [-0.39, 0.29) is 11.9 Å². The van der Waals surface area contributed by atoms with Gasteiger partial charge in [0, 0.05) is 22.9 Å². The minimum Gasteiger partial charge on any atom is -0.489 e. The van der Waals surface area contributed by atoms with Crippen molar-refractivity contribution in [1.29, 1.82) is 0 Å². The van der Waals surface area contributed by atoms with E-state index in [2.05, 4.69) is 5.32 Å². The smallest absolute Gasteiger partial charge is 0.336 e. The van der Waals surface area contributed by atoms with Crippen LogP contribution >= 0.6 is 0 Å². The van der Waals surface area contributed by atoms with Gasteiger partial charge in [0.15, 0.2) is 0 Å². The lowest BCUT2D eigenvalue weighted by Crippen LogP contribution is -2.25. The van der Waals surface area contributed by atoms with Gasteiger partial charge in [-0.05, 0) is 25.5 Å². The van der Waals surface area contributed by atoms with Gasteiger partial charge in [0.1, 0.15) is 12.4 Å². The number of carbonyl (C=O) groups is 1. The van der Waals surface area contributed by atoms with Gasteiger partial charge in [-0.3, -0.25) is 0 Å². The molecule has 26 heavy (non-hydrogen) atoms. The van der Waals surface area contributed by atoms with Crippen LogP contribution in [0.2, 0.25) is 0 Å². The molecule has 0 saturated carbocycles. The van der Waals surface area contributed by atoms with Gasteiger partial charge in [-0.1, -0.05) is 54.6 Å². The van der Waals surface area contributed by atoms with Gasteiger partial charge < -0.3 is 14.8 Å². The highest BCUT2D eigenvalue weighted by molar-refractivity contribution is 5.92. The molecule has 0 spiro atoms. The van der Waals surface area contributed by atoms with Gasteiger partial charge in [-0.15, -0.1) is 0 Å². The number of ether oxygens (including phenoxy) is 2. The normalized spacial score (nSPS) is 16.6. The van der Waals surface area contributed by atoms with Crippen molar-refractivity contribution in [2.24, 2.45) is 0 Å². The fourth-order valence-electron chi connectivity index (χ4n) is 3.21. The number of para-hydroxylation sites is 1. The van der Waals surface area contributed by atoms with Crippen molar-refractivity contribution < 1.29 is 14.3 Å². The Morgan fingerprint density at radius 3 is 2.46 bits per heavy atom. The van der Waals surface area contributed by atoms with Gasteiger partial charge in [-0.2, -0.15) is 0 Å². The second kappa shape index (κ2) is 7.91. The number of esters is 1. The predicted octanol–water partition coefficient (Wildman–Crippen LogP) is 4.30. The van der Waals surface area contributed by atoms with Crippen LogP contribution in [0.15, 0.2) is 77.6 Å². The summed E-state index contributed by atoms with van der Waals surface area (Å²) in [6.07, 6.45) is 2.03. The third-order valence-electron chi connectivity index (χ3n) is 4.41. The van der Waals surface area contributed by atoms with Crippen molar-refractivity contribution in [2.75, 3.05) is 7.11 Å². The molecule has 0 amide bonds. The van der Waals surface area contributed by atoms with Crippen LogP contribution in [-0.2, 0) is 16.1 Å². The first kappa shape index (κ1) is 17.8. The topological polar surface area (TPSA) is 47.6 Å². The Morgan fingerprint density at radius 2 is 1.73 bits per heavy atom. The molecule has 1 unspecified atom stereocenters. The van der Waals surface area contributed by atoms with E-state index in [9.17, 15) is 4.79 Å². The van der Waals surface area contributed by atoms with Crippen LogP contribution in [0.5, 0.6) is 5.75 Å². The quantitative estimate of drug-likeness (QED) is 0.818. The summed E-state index contributed by atoms with van der Waals surface area (Å²) in [5, 5.41) is 3.22. The first-order chi connectivity index (χ1) is 12.6. The molecule has 1 N–H and O–H groups in total. The number of benzene rings is 2. The van der Waals surface area contributed by atoms with Gasteiger partial charge in [-0.25, -0.2) is 4.79 Å². The van der Waals surface area contributed by atoms with Crippen LogP contribution in [0.1, 0.15) is 30.9 Å². The van der Waals surface area contributed by atoms with E-state index < -0.39 is 0 Å². The third kappa shape index (κ3) is 3.80. The first-order valence-corrected chi connectivity index (χ1v) is 8.60. The lowest BCUT2D eigenvalue weighted by molar-refractivity contribution is -0.136. The van der Waals surface area contributed by atoms with Crippen molar-refractivity contribution in [1.82, 2.24) is 5.32 Å². The summed E-state index contributed by atoms with van der Waals surface area (Å²) in [5.74, 6) is 0.221. The van der Waals surface area contributed by atoms with Crippen LogP contribution in [0.3, 0.4) is 0 Å². The zero-order chi connectivity index (χ0) is 18.5. The fraction of sp³-hybridized carbons (Fsp3) is 0.227. The molecule has 3 rings (SSSR count). The number of hydrogen-bond donors (Lipinski definition) is 1. The predicted molar refractivity (Wildman–Crippen MR) is 102 cm³/mol. The van der Waals surface area contributed by atoms with E-state index >= 15 is 0 Å². The number of carbonyl (C=O) groups excluding carboxylic acids is 1. The van der Waals surface area contributed by atoms with Gasteiger partial charge in [0.25, 0.3) is 0 Å². The van der Waals surface area contributed by atoms with Crippen LogP contribution in [-0.4, -0.2) is 13.1 Å². The second-order valence-electron chi connectivity index (χ2n) is 6.29. The maximum atomic E-state index is 12.4. The maximum Gasteiger partial charge on any atom is 0.336 e. The Kier molecular flexibility index (Phi) is 5.42. The van der Waals surface area contributed by atoms with Crippen LogP contribution < -0.4 is 10.1 Å². The summed E-state index contributed by atoms with van der Waals surface area (Å²) in [6.45, 7) is 4.35. The molecule has 0 saturated heterocycles. The highest BCUT2D eigenvalue weighted by atomic mass is 16.5. The first-order valence-electron chi connectivity index (χ1n) is 8.60. The average molecular weight is 349 g/mol. The molecule has 2 aromatic rings. The maximum absolute atomic E-state index is 12.4. The monoisotopic (exact) mass is 349 g/mol. The SMILES string of the molecule is COC(=O)C1=C(C)NC(C)=CC1c1ccccc1OCc1ccccc1. The summed E-state index contributed by atoms with van der Waals surface area (Å²) >= 11 is 0. The number of dihydropyridines is 1. The molecular formula is C22H23NO3. The molecule has 1 aliphatic rings. The highest BCUT2D eigenvalue weighted by Crippen LogP contribution is 2.37. The molecule has 1 atom stereocenters. The largest absolute Gasteiger partial charge is 0.489 e. The van der Waals surface area contributed by atoms with E-state index in [4.69, 9.17) is 9.47 Å². The van der Waals surface area contributed by atoms with Gasteiger partial charge >= 0.3 is 5.97 Å². The Balaban J connectivity index is 1.94. The van der Waals surface area contributed by atoms with Crippen molar-refractivity contribution in [3.63, 3.8) is 0 Å². The van der Waals surface area contributed by atoms with Gasteiger partial charge in [0.2, 0.25) is 0 Å².